The second-order valence-corrected chi connectivity index (χ2v) is 5.47. The monoisotopic (exact) mass is 349 g/mol. The van der Waals surface area contributed by atoms with E-state index in [9.17, 15) is 14.9 Å². The van der Waals surface area contributed by atoms with Crippen molar-refractivity contribution in [3.8, 4) is 11.3 Å². The average Bonchev–Trinajstić information content (AvgIpc) is 3.11. The van der Waals surface area contributed by atoms with Crippen LogP contribution in [0.25, 0.3) is 11.3 Å². The Morgan fingerprint density at radius 1 is 1.12 bits per heavy atom. The van der Waals surface area contributed by atoms with Gasteiger partial charge in [0.15, 0.2) is 0 Å². The number of nitrogens with zero attached hydrogens (tertiary/aromatic N) is 2. The number of nitro benzene ring substituents is 1. The number of hydrogen-bond donors (Lipinski definition) is 1. The van der Waals surface area contributed by atoms with Gasteiger partial charge >= 0.3 is 0 Å². The van der Waals surface area contributed by atoms with Crippen LogP contribution in [0.1, 0.15) is 21.7 Å². The third kappa shape index (κ3) is 3.67. The fourth-order valence-corrected chi connectivity index (χ4v) is 2.46. The normalized spacial score (nSPS) is 10.8. The first-order chi connectivity index (χ1) is 12.6. The Hall–Kier alpha value is -3.74. The number of carbonyl (C=O) groups is 1. The van der Waals surface area contributed by atoms with Gasteiger partial charge in [-0.15, -0.1) is 0 Å². The second kappa shape index (κ2) is 7.43. The Bertz CT molecular complexity index is 977. The van der Waals surface area contributed by atoms with E-state index in [1.54, 1.807) is 55.5 Å². The highest BCUT2D eigenvalue weighted by atomic mass is 16.6. The minimum Gasteiger partial charge on any atom is -0.455 e. The lowest BCUT2D eigenvalue weighted by atomic mass is 10.1. The lowest BCUT2D eigenvalue weighted by Gasteiger charge is -2.03. The summed E-state index contributed by atoms with van der Waals surface area (Å²) in [6, 6.07) is 16.9. The van der Waals surface area contributed by atoms with E-state index in [1.165, 1.54) is 12.3 Å². The van der Waals surface area contributed by atoms with E-state index in [1.807, 2.05) is 6.07 Å². The molecule has 0 bridgehead atoms. The van der Waals surface area contributed by atoms with Crippen molar-refractivity contribution < 1.29 is 14.1 Å². The van der Waals surface area contributed by atoms with Crippen molar-refractivity contribution in [3.05, 3.63) is 87.7 Å². The molecular weight excluding hydrogens is 334 g/mol. The van der Waals surface area contributed by atoms with Gasteiger partial charge in [-0.3, -0.25) is 14.9 Å². The first-order valence-corrected chi connectivity index (χ1v) is 7.79. The highest BCUT2D eigenvalue weighted by Gasteiger charge is 2.16. The molecule has 0 unspecified atom stereocenters. The second-order valence-electron chi connectivity index (χ2n) is 5.47. The minimum absolute atomic E-state index is 0.0317. The van der Waals surface area contributed by atoms with E-state index in [0.29, 0.717) is 28.2 Å². The summed E-state index contributed by atoms with van der Waals surface area (Å²) in [6.07, 6.45) is 1.37. The van der Waals surface area contributed by atoms with Crippen LogP contribution < -0.4 is 5.43 Å². The van der Waals surface area contributed by atoms with Crippen molar-refractivity contribution in [1.82, 2.24) is 5.43 Å². The van der Waals surface area contributed by atoms with Crippen LogP contribution in [0.15, 0.2) is 70.2 Å². The molecule has 0 atom stereocenters. The predicted molar refractivity (Wildman–Crippen MR) is 97.0 cm³/mol. The fraction of sp³-hybridized carbons (Fsp3) is 0.0526. The number of hydrazone groups is 1. The van der Waals surface area contributed by atoms with Crippen molar-refractivity contribution in [2.75, 3.05) is 0 Å². The molecule has 1 N–H and O–H groups in total. The fourth-order valence-electron chi connectivity index (χ4n) is 2.46. The van der Waals surface area contributed by atoms with E-state index < -0.39 is 4.92 Å². The van der Waals surface area contributed by atoms with Gasteiger partial charge in [0.1, 0.15) is 11.5 Å². The molecular formula is C19H15N3O4. The van der Waals surface area contributed by atoms with Crippen LogP contribution in [0.2, 0.25) is 0 Å². The van der Waals surface area contributed by atoms with Crippen molar-refractivity contribution in [1.29, 1.82) is 0 Å². The Balaban J connectivity index is 1.74. The molecule has 1 aromatic heterocycles. The standard InChI is InChI=1S/C19H15N3O4/c1-13-16(8-5-9-17(13)22(24)25)18-11-10-15(26-18)12-20-21-19(23)14-6-3-2-4-7-14/h2-12H,1H3,(H,21,23)/b20-12-. The van der Waals surface area contributed by atoms with Crippen LogP contribution in [0.4, 0.5) is 5.69 Å². The SMILES string of the molecule is Cc1c(-c2ccc(/C=N\NC(=O)c3ccccc3)o2)cccc1[N+](=O)[O-]. The molecule has 2 aromatic carbocycles. The molecule has 130 valence electrons. The third-order valence-corrected chi connectivity index (χ3v) is 3.79. The number of furan rings is 1. The summed E-state index contributed by atoms with van der Waals surface area (Å²) in [7, 11) is 0. The maximum atomic E-state index is 11.9. The summed E-state index contributed by atoms with van der Waals surface area (Å²) in [4.78, 5) is 22.5. The van der Waals surface area contributed by atoms with Gasteiger partial charge in [-0.2, -0.15) is 5.10 Å². The Kier molecular flexibility index (Phi) is 4.89. The molecule has 26 heavy (non-hydrogen) atoms. The van der Waals surface area contributed by atoms with Crippen LogP contribution in [-0.2, 0) is 0 Å². The average molecular weight is 349 g/mol. The maximum absolute atomic E-state index is 11.9. The maximum Gasteiger partial charge on any atom is 0.273 e. The number of benzene rings is 2. The zero-order valence-corrected chi connectivity index (χ0v) is 13.9. The van der Waals surface area contributed by atoms with Crippen molar-refractivity contribution >= 4 is 17.8 Å². The third-order valence-electron chi connectivity index (χ3n) is 3.79. The molecule has 0 radical (unpaired) electrons. The van der Waals surface area contributed by atoms with E-state index in [0.717, 1.165) is 0 Å². The molecule has 0 fully saturated rings. The smallest absolute Gasteiger partial charge is 0.273 e. The number of nitro groups is 1. The largest absolute Gasteiger partial charge is 0.455 e. The highest BCUT2D eigenvalue weighted by Crippen LogP contribution is 2.30. The summed E-state index contributed by atoms with van der Waals surface area (Å²) < 4.78 is 5.65. The highest BCUT2D eigenvalue weighted by molar-refractivity contribution is 5.94. The van der Waals surface area contributed by atoms with Gasteiger partial charge in [-0.25, -0.2) is 5.43 Å². The van der Waals surface area contributed by atoms with Crippen LogP contribution in [-0.4, -0.2) is 17.0 Å². The van der Waals surface area contributed by atoms with Gasteiger partial charge in [-0.05, 0) is 31.2 Å². The molecule has 3 aromatic rings. The molecule has 0 aliphatic rings. The predicted octanol–water partition coefficient (Wildman–Crippen LogP) is 3.93. The molecule has 1 amide bonds. The van der Waals surface area contributed by atoms with Crippen LogP contribution in [0.3, 0.4) is 0 Å². The van der Waals surface area contributed by atoms with Gasteiger partial charge in [-0.1, -0.05) is 30.3 Å². The van der Waals surface area contributed by atoms with Gasteiger partial charge in [0, 0.05) is 22.8 Å². The molecule has 3 rings (SSSR count). The molecule has 0 aliphatic carbocycles. The molecule has 0 aliphatic heterocycles. The zero-order valence-electron chi connectivity index (χ0n) is 13.9. The first-order valence-electron chi connectivity index (χ1n) is 7.79. The Morgan fingerprint density at radius 2 is 1.88 bits per heavy atom. The molecule has 1 heterocycles. The van der Waals surface area contributed by atoms with Crippen LogP contribution >= 0.6 is 0 Å². The van der Waals surface area contributed by atoms with E-state index in [4.69, 9.17) is 4.42 Å². The molecule has 0 spiro atoms. The summed E-state index contributed by atoms with van der Waals surface area (Å²) in [6.45, 7) is 1.67. The number of nitrogens with one attached hydrogen (secondary N) is 1. The number of carbonyl (C=O) groups excluding carboxylic acids is 1. The Labute approximate surface area is 149 Å². The number of amides is 1. The molecule has 7 heteroatoms. The lowest BCUT2D eigenvalue weighted by molar-refractivity contribution is -0.385. The van der Waals surface area contributed by atoms with Crippen molar-refractivity contribution in [2.45, 2.75) is 6.92 Å². The summed E-state index contributed by atoms with van der Waals surface area (Å²) in [5.74, 6) is 0.574. The van der Waals surface area contributed by atoms with Crippen LogP contribution in [0.5, 0.6) is 0 Å². The van der Waals surface area contributed by atoms with Gasteiger partial charge in [0.05, 0.1) is 11.1 Å². The van der Waals surface area contributed by atoms with Gasteiger partial charge in [0.25, 0.3) is 11.6 Å². The molecule has 0 saturated carbocycles. The minimum atomic E-state index is -0.427. The van der Waals surface area contributed by atoms with E-state index in [2.05, 4.69) is 10.5 Å². The zero-order chi connectivity index (χ0) is 18.5. The summed E-state index contributed by atoms with van der Waals surface area (Å²) >= 11 is 0. The van der Waals surface area contributed by atoms with Crippen molar-refractivity contribution in [3.63, 3.8) is 0 Å². The summed E-state index contributed by atoms with van der Waals surface area (Å²) in [5.41, 5.74) is 4.09. The quantitative estimate of drug-likeness (QED) is 0.429. The summed E-state index contributed by atoms with van der Waals surface area (Å²) in [5, 5.41) is 14.9. The first kappa shape index (κ1) is 17.1. The lowest BCUT2D eigenvalue weighted by Crippen LogP contribution is -2.17. The van der Waals surface area contributed by atoms with E-state index >= 15 is 0 Å². The number of hydrogen-bond acceptors (Lipinski definition) is 5. The van der Waals surface area contributed by atoms with Crippen molar-refractivity contribution in [2.24, 2.45) is 5.10 Å². The van der Waals surface area contributed by atoms with Crippen LogP contribution in [0, 0.1) is 17.0 Å². The topological polar surface area (TPSA) is 97.7 Å². The van der Waals surface area contributed by atoms with Gasteiger partial charge < -0.3 is 4.42 Å². The molecule has 7 nitrogen and oxygen atoms in total. The van der Waals surface area contributed by atoms with E-state index in [-0.39, 0.29) is 11.6 Å². The molecule has 0 saturated heterocycles. The van der Waals surface area contributed by atoms with Gasteiger partial charge in [0.2, 0.25) is 0 Å². The Morgan fingerprint density at radius 3 is 2.62 bits per heavy atom. The number of rotatable bonds is 5.